The normalized spacial score (nSPS) is 12.0. The van der Waals surface area contributed by atoms with E-state index < -0.39 is 0 Å². The van der Waals surface area contributed by atoms with Crippen molar-refractivity contribution in [2.75, 3.05) is 0 Å². The molecule has 3 aromatic rings. The highest BCUT2D eigenvalue weighted by atomic mass is 14.9. The second-order valence-electron chi connectivity index (χ2n) is 5.45. The van der Waals surface area contributed by atoms with Crippen molar-refractivity contribution in [2.45, 2.75) is 19.5 Å². The third-order valence-electron chi connectivity index (χ3n) is 3.88. The van der Waals surface area contributed by atoms with Crippen molar-refractivity contribution in [1.29, 1.82) is 0 Å². The highest BCUT2D eigenvalue weighted by molar-refractivity contribution is 5.63. The lowest BCUT2D eigenvalue weighted by Crippen LogP contribution is -2.17. The van der Waals surface area contributed by atoms with Gasteiger partial charge >= 0.3 is 0 Å². The van der Waals surface area contributed by atoms with Gasteiger partial charge in [0.15, 0.2) is 0 Å². The summed E-state index contributed by atoms with van der Waals surface area (Å²) in [6.07, 6.45) is 3.67. The van der Waals surface area contributed by atoms with Crippen LogP contribution in [0.1, 0.15) is 24.1 Å². The topological polar surface area (TPSA) is 24.9 Å². The Morgan fingerprint density at radius 1 is 0.818 bits per heavy atom. The van der Waals surface area contributed by atoms with Crippen molar-refractivity contribution in [2.24, 2.45) is 0 Å². The quantitative estimate of drug-likeness (QED) is 0.742. The molecule has 0 aliphatic rings. The van der Waals surface area contributed by atoms with Crippen molar-refractivity contribution in [3.8, 4) is 11.1 Å². The Morgan fingerprint density at radius 3 is 2.14 bits per heavy atom. The smallest absolute Gasteiger partial charge is 0.0296 e. The number of hydrogen-bond acceptors (Lipinski definition) is 2. The van der Waals surface area contributed by atoms with Gasteiger partial charge in [-0.1, -0.05) is 54.6 Å². The third kappa shape index (κ3) is 3.60. The molecule has 0 unspecified atom stereocenters. The molecule has 22 heavy (non-hydrogen) atoms. The van der Waals surface area contributed by atoms with Crippen LogP contribution in [-0.2, 0) is 6.54 Å². The molecule has 0 aliphatic carbocycles. The maximum absolute atomic E-state index is 4.06. The van der Waals surface area contributed by atoms with Crippen molar-refractivity contribution in [1.82, 2.24) is 10.3 Å². The maximum atomic E-state index is 4.06. The summed E-state index contributed by atoms with van der Waals surface area (Å²) in [4.78, 5) is 4.06. The zero-order chi connectivity index (χ0) is 15.2. The molecule has 2 heteroatoms. The van der Waals surface area contributed by atoms with E-state index in [1.54, 1.807) is 0 Å². The fourth-order valence-electron chi connectivity index (χ4n) is 2.49. The molecule has 0 saturated heterocycles. The van der Waals surface area contributed by atoms with Gasteiger partial charge in [0.05, 0.1) is 0 Å². The van der Waals surface area contributed by atoms with E-state index in [2.05, 4.69) is 77.9 Å². The highest BCUT2D eigenvalue weighted by Crippen LogP contribution is 2.19. The highest BCUT2D eigenvalue weighted by Gasteiger charge is 2.04. The lowest BCUT2D eigenvalue weighted by molar-refractivity contribution is 0.574. The molecule has 1 N–H and O–H groups in total. The van der Waals surface area contributed by atoms with E-state index in [1.165, 1.54) is 22.3 Å². The number of pyridine rings is 1. The van der Waals surface area contributed by atoms with E-state index in [9.17, 15) is 0 Å². The lowest BCUT2D eigenvalue weighted by atomic mass is 10.0. The van der Waals surface area contributed by atoms with Gasteiger partial charge in [-0.25, -0.2) is 0 Å². The number of hydrogen-bond donors (Lipinski definition) is 1. The largest absolute Gasteiger partial charge is 0.306 e. The first-order valence-corrected chi connectivity index (χ1v) is 7.60. The van der Waals surface area contributed by atoms with Crippen LogP contribution in [0, 0.1) is 0 Å². The number of nitrogens with zero attached hydrogens (tertiary/aromatic N) is 1. The van der Waals surface area contributed by atoms with Crippen LogP contribution in [0.4, 0.5) is 0 Å². The Morgan fingerprint density at radius 2 is 1.45 bits per heavy atom. The molecule has 110 valence electrons. The van der Waals surface area contributed by atoms with Crippen LogP contribution in [0.3, 0.4) is 0 Å². The Kier molecular flexibility index (Phi) is 4.62. The second-order valence-corrected chi connectivity index (χ2v) is 5.45. The summed E-state index contributed by atoms with van der Waals surface area (Å²) < 4.78 is 0. The first-order valence-electron chi connectivity index (χ1n) is 7.60. The molecule has 0 radical (unpaired) electrons. The summed E-state index contributed by atoms with van der Waals surface area (Å²) >= 11 is 0. The van der Waals surface area contributed by atoms with Crippen LogP contribution < -0.4 is 5.32 Å². The van der Waals surface area contributed by atoms with Gasteiger partial charge < -0.3 is 5.32 Å². The Labute approximate surface area is 131 Å². The van der Waals surface area contributed by atoms with Crippen LogP contribution in [0.5, 0.6) is 0 Å². The minimum absolute atomic E-state index is 0.316. The lowest BCUT2D eigenvalue weighted by Gasteiger charge is -2.14. The maximum Gasteiger partial charge on any atom is 0.0296 e. The zero-order valence-corrected chi connectivity index (χ0v) is 12.7. The molecular formula is C20H20N2. The zero-order valence-electron chi connectivity index (χ0n) is 12.7. The monoisotopic (exact) mass is 288 g/mol. The molecular weight excluding hydrogens is 268 g/mol. The number of benzene rings is 2. The molecule has 0 spiro atoms. The molecule has 0 saturated carbocycles. The van der Waals surface area contributed by atoms with E-state index in [4.69, 9.17) is 0 Å². The Bertz CT molecular complexity index is 691. The average molecular weight is 288 g/mol. The van der Waals surface area contributed by atoms with E-state index in [1.807, 2.05) is 18.5 Å². The molecule has 0 aliphatic heterocycles. The summed E-state index contributed by atoms with van der Waals surface area (Å²) in [5.74, 6) is 0. The van der Waals surface area contributed by atoms with Gasteiger partial charge in [-0.2, -0.15) is 0 Å². The first-order chi connectivity index (χ1) is 10.8. The van der Waals surface area contributed by atoms with Gasteiger partial charge in [0.2, 0.25) is 0 Å². The summed E-state index contributed by atoms with van der Waals surface area (Å²) in [7, 11) is 0. The minimum Gasteiger partial charge on any atom is -0.306 e. The number of nitrogens with one attached hydrogen (secondary N) is 1. The van der Waals surface area contributed by atoms with Crippen LogP contribution in [0.15, 0.2) is 79.1 Å². The van der Waals surface area contributed by atoms with Crippen LogP contribution >= 0.6 is 0 Å². The summed E-state index contributed by atoms with van der Waals surface area (Å²) in [6.45, 7) is 3.03. The van der Waals surface area contributed by atoms with Gasteiger partial charge in [0, 0.05) is 25.0 Å². The fraction of sp³-hybridized carbons (Fsp3) is 0.150. The van der Waals surface area contributed by atoms with Gasteiger partial charge in [-0.05, 0) is 41.3 Å². The summed E-state index contributed by atoms with van der Waals surface area (Å²) in [6, 6.07) is 23.6. The van der Waals surface area contributed by atoms with Crippen LogP contribution in [0.25, 0.3) is 11.1 Å². The van der Waals surface area contributed by atoms with E-state index >= 15 is 0 Å². The van der Waals surface area contributed by atoms with E-state index in [0.29, 0.717) is 6.04 Å². The average Bonchev–Trinajstić information content (AvgIpc) is 2.61. The second kappa shape index (κ2) is 7.01. The molecule has 0 bridgehead atoms. The molecule has 1 atom stereocenters. The van der Waals surface area contributed by atoms with Crippen LogP contribution in [-0.4, -0.2) is 4.98 Å². The molecule has 1 aromatic heterocycles. The van der Waals surface area contributed by atoms with Crippen molar-refractivity contribution < 1.29 is 0 Å². The van der Waals surface area contributed by atoms with Gasteiger partial charge in [0.1, 0.15) is 0 Å². The summed E-state index contributed by atoms with van der Waals surface area (Å²) in [5, 5.41) is 3.55. The molecule has 2 aromatic carbocycles. The van der Waals surface area contributed by atoms with E-state index in [0.717, 1.165) is 6.54 Å². The van der Waals surface area contributed by atoms with Gasteiger partial charge in [-0.3, -0.25) is 4.98 Å². The van der Waals surface area contributed by atoms with Crippen molar-refractivity contribution in [3.05, 3.63) is 90.3 Å². The van der Waals surface area contributed by atoms with Crippen LogP contribution in [0.2, 0.25) is 0 Å². The predicted octanol–water partition coefficient (Wildman–Crippen LogP) is 4.60. The third-order valence-corrected chi connectivity index (χ3v) is 3.88. The molecule has 1 heterocycles. The SMILES string of the molecule is C[C@H](NCc1ccc(-c2ccccc2)cc1)c1ccncc1. The van der Waals surface area contributed by atoms with E-state index in [-0.39, 0.29) is 0 Å². The number of rotatable bonds is 5. The molecule has 0 amide bonds. The first kappa shape index (κ1) is 14.5. The van der Waals surface area contributed by atoms with Crippen molar-refractivity contribution in [3.63, 3.8) is 0 Å². The Hall–Kier alpha value is -2.45. The van der Waals surface area contributed by atoms with Crippen molar-refractivity contribution >= 4 is 0 Å². The van der Waals surface area contributed by atoms with Gasteiger partial charge in [-0.15, -0.1) is 0 Å². The molecule has 2 nitrogen and oxygen atoms in total. The van der Waals surface area contributed by atoms with Gasteiger partial charge in [0.25, 0.3) is 0 Å². The molecule has 0 fully saturated rings. The standard InChI is InChI=1S/C20H20N2/c1-16(18-11-13-21-14-12-18)22-15-17-7-9-20(10-8-17)19-5-3-2-4-6-19/h2-14,16,22H,15H2,1H3/t16-/m0/s1. The summed E-state index contributed by atoms with van der Waals surface area (Å²) in [5.41, 5.74) is 5.06. The minimum atomic E-state index is 0.316. The Balaban J connectivity index is 1.62. The molecule has 3 rings (SSSR count). The number of aromatic nitrogens is 1. The fourth-order valence-corrected chi connectivity index (χ4v) is 2.49. The predicted molar refractivity (Wildman–Crippen MR) is 91.4 cm³/mol.